The van der Waals surface area contributed by atoms with Crippen molar-refractivity contribution in [2.24, 2.45) is 0 Å². The number of carbonyl (C=O) groups is 1. The van der Waals surface area contributed by atoms with Gasteiger partial charge in [-0.2, -0.15) is 4.37 Å². The lowest BCUT2D eigenvalue weighted by atomic mass is 10.4. The van der Waals surface area contributed by atoms with Gasteiger partial charge in [0.2, 0.25) is 0 Å². The predicted molar refractivity (Wildman–Crippen MR) is 64.6 cm³/mol. The Morgan fingerprint density at radius 1 is 1.53 bits per heavy atom. The van der Waals surface area contributed by atoms with Crippen LogP contribution in [0, 0.1) is 0 Å². The van der Waals surface area contributed by atoms with Gasteiger partial charge in [-0.3, -0.25) is 0 Å². The van der Waals surface area contributed by atoms with Crippen LogP contribution >= 0.6 is 23.3 Å². The second-order valence-corrected chi connectivity index (χ2v) is 5.19. The molecule has 7 heteroatoms. The lowest BCUT2D eigenvalue weighted by Crippen LogP contribution is -1.98. The van der Waals surface area contributed by atoms with Crippen molar-refractivity contribution in [2.75, 3.05) is 0 Å². The van der Waals surface area contributed by atoms with Crippen LogP contribution in [0.2, 0.25) is 0 Å². The minimum Gasteiger partial charge on any atom is -0.477 e. The number of rotatable bonds is 4. The Morgan fingerprint density at radius 2 is 2.35 bits per heavy atom. The van der Waals surface area contributed by atoms with Crippen molar-refractivity contribution in [1.29, 1.82) is 0 Å². The molecule has 0 bridgehead atoms. The average molecular weight is 267 g/mol. The molecule has 0 amide bonds. The summed E-state index contributed by atoms with van der Waals surface area (Å²) in [6, 6.07) is 3.20. The van der Waals surface area contributed by atoms with Gasteiger partial charge in [0, 0.05) is 17.5 Å². The molecular weight excluding hydrogens is 258 g/mol. The highest BCUT2D eigenvalue weighted by atomic mass is 32.2. The van der Waals surface area contributed by atoms with Crippen LogP contribution in [0.5, 0.6) is 0 Å². The van der Waals surface area contributed by atoms with Gasteiger partial charge in [-0.1, -0.05) is 18.7 Å². The third-order valence-electron chi connectivity index (χ3n) is 1.93. The molecule has 0 aromatic carbocycles. The van der Waals surface area contributed by atoms with Crippen LogP contribution in [0.25, 0.3) is 0 Å². The molecule has 0 aliphatic rings. The van der Waals surface area contributed by atoms with E-state index in [-0.39, 0.29) is 5.69 Å². The first-order chi connectivity index (χ1) is 8.19. The molecule has 0 unspecified atom stereocenters. The molecule has 2 aromatic rings. The minimum atomic E-state index is -1.02. The largest absolute Gasteiger partial charge is 0.477 e. The van der Waals surface area contributed by atoms with Gasteiger partial charge in [0.1, 0.15) is 11.5 Å². The molecular formula is C10H9N3O2S2. The molecule has 0 saturated heterocycles. The Morgan fingerprint density at radius 3 is 2.88 bits per heavy atom. The first kappa shape index (κ1) is 12.0. The second-order valence-electron chi connectivity index (χ2n) is 3.12. The molecule has 1 N–H and O–H groups in total. The summed E-state index contributed by atoms with van der Waals surface area (Å²) < 4.78 is 5.01. The molecule has 0 spiro atoms. The number of aromatic nitrogens is 3. The molecule has 17 heavy (non-hydrogen) atoms. The number of hydrogen-bond donors (Lipinski definition) is 1. The third-order valence-corrected chi connectivity index (χ3v) is 3.69. The smallest absolute Gasteiger partial charge is 0.354 e. The Bertz CT molecular complexity index is 525. The molecule has 0 atom stereocenters. The lowest BCUT2D eigenvalue weighted by molar-refractivity contribution is 0.0690. The molecule has 2 aromatic heterocycles. The first-order valence-electron chi connectivity index (χ1n) is 4.89. The van der Waals surface area contributed by atoms with Gasteiger partial charge in [0.15, 0.2) is 4.34 Å². The van der Waals surface area contributed by atoms with Gasteiger partial charge in [0.05, 0.1) is 0 Å². The van der Waals surface area contributed by atoms with E-state index in [0.29, 0.717) is 0 Å². The van der Waals surface area contributed by atoms with E-state index in [4.69, 9.17) is 5.11 Å². The summed E-state index contributed by atoms with van der Waals surface area (Å²) in [4.78, 5) is 19.6. The number of hydrogen-bond acceptors (Lipinski definition) is 6. The summed E-state index contributed by atoms with van der Waals surface area (Å²) in [5, 5.41) is 8.71. The van der Waals surface area contributed by atoms with E-state index in [9.17, 15) is 4.79 Å². The Balaban J connectivity index is 2.10. The summed E-state index contributed by atoms with van der Waals surface area (Å²) in [6.45, 7) is 2.00. The highest BCUT2D eigenvalue weighted by molar-refractivity contribution is 8.01. The van der Waals surface area contributed by atoms with E-state index in [1.165, 1.54) is 35.6 Å². The average Bonchev–Trinajstić information content (AvgIpc) is 2.77. The van der Waals surface area contributed by atoms with E-state index < -0.39 is 5.97 Å². The van der Waals surface area contributed by atoms with Crippen molar-refractivity contribution >= 4 is 29.3 Å². The number of aromatic carboxylic acids is 1. The SMILES string of the molecule is CCc1nsc(Sc2ccc(C(=O)O)nc2)n1. The molecule has 2 heterocycles. The topological polar surface area (TPSA) is 76.0 Å². The molecule has 0 radical (unpaired) electrons. The zero-order chi connectivity index (χ0) is 12.3. The van der Waals surface area contributed by atoms with E-state index >= 15 is 0 Å². The van der Waals surface area contributed by atoms with Crippen LogP contribution in [-0.4, -0.2) is 25.4 Å². The van der Waals surface area contributed by atoms with E-state index in [2.05, 4.69) is 14.3 Å². The molecule has 0 aliphatic carbocycles. The molecule has 5 nitrogen and oxygen atoms in total. The van der Waals surface area contributed by atoms with E-state index in [0.717, 1.165) is 21.5 Å². The summed E-state index contributed by atoms with van der Waals surface area (Å²) in [5.74, 6) is -0.196. The second kappa shape index (κ2) is 5.24. The molecule has 0 aliphatic heterocycles. The van der Waals surface area contributed by atoms with Crippen molar-refractivity contribution in [3.63, 3.8) is 0 Å². The number of nitrogens with zero attached hydrogens (tertiary/aromatic N) is 3. The number of carboxylic acid groups (broad SMARTS) is 1. The summed E-state index contributed by atoms with van der Waals surface area (Å²) >= 11 is 2.77. The van der Waals surface area contributed by atoms with E-state index in [1.807, 2.05) is 6.92 Å². The highest BCUT2D eigenvalue weighted by Gasteiger charge is 2.07. The maximum atomic E-state index is 10.6. The first-order valence-corrected chi connectivity index (χ1v) is 6.48. The predicted octanol–water partition coefficient (Wildman–Crippen LogP) is 2.34. The maximum absolute atomic E-state index is 10.6. The molecule has 0 saturated carbocycles. The minimum absolute atomic E-state index is 0.0425. The van der Waals surface area contributed by atoms with Crippen LogP contribution in [-0.2, 0) is 6.42 Å². The fourth-order valence-electron chi connectivity index (χ4n) is 1.09. The Labute approximate surface area is 106 Å². The molecule has 2 rings (SSSR count). The fourth-order valence-corrected chi connectivity index (χ4v) is 2.73. The van der Waals surface area contributed by atoms with Crippen LogP contribution in [0.3, 0.4) is 0 Å². The monoisotopic (exact) mass is 267 g/mol. The Kier molecular flexibility index (Phi) is 3.70. The zero-order valence-electron chi connectivity index (χ0n) is 8.95. The number of carboxylic acids is 1. The van der Waals surface area contributed by atoms with Crippen LogP contribution < -0.4 is 0 Å². The van der Waals surface area contributed by atoms with Crippen LogP contribution in [0.15, 0.2) is 27.6 Å². The van der Waals surface area contributed by atoms with Gasteiger partial charge in [-0.05, 0) is 23.7 Å². The van der Waals surface area contributed by atoms with Gasteiger partial charge < -0.3 is 5.11 Å². The van der Waals surface area contributed by atoms with Crippen molar-refractivity contribution in [1.82, 2.24) is 14.3 Å². The molecule has 0 fully saturated rings. The normalized spacial score (nSPS) is 10.4. The van der Waals surface area contributed by atoms with Gasteiger partial charge in [-0.15, -0.1) is 0 Å². The van der Waals surface area contributed by atoms with Gasteiger partial charge in [-0.25, -0.2) is 14.8 Å². The quantitative estimate of drug-likeness (QED) is 0.916. The van der Waals surface area contributed by atoms with E-state index in [1.54, 1.807) is 6.07 Å². The van der Waals surface area contributed by atoms with Gasteiger partial charge >= 0.3 is 5.97 Å². The van der Waals surface area contributed by atoms with Crippen molar-refractivity contribution in [3.8, 4) is 0 Å². The number of pyridine rings is 1. The lowest BCUT2D eigenvalue weighted by Gasteiger charge is -1.97. The van der Waals surface area contributed by atoms with Crippen LogP contribution in [0.1, 0.15) is 23.2 Å². The fraction of sp³-hybridized carbons (Fsp3) is 0.200. The third kappa shape index (κ3) is 3.01. The highest BCUT2D eigenvalue weighted by Crippen LogP contribution is 2.28. The van der Waals surface area contributed by atoms with Gasteiger partial charge in [0.25, 0.3) is 0 Å². The Hall–Kier alpha value is -1.47. The van der Waals surface area contributed by atoms with Crippen molar-refractivity contribution < 1.29 is 9.90 Å². The maximum Gasteiger partial charge on any atom is 0.354 e. The summed E-state index contributed by atoms with van der Waals surface area (Å²) in [6.07, 6.45) is 2.34. The molecule has 88 valence electrons. The van der Waals surface area contributed by atoms with Crippen molar-refractivity contribution in [2.45, 2.75) is 22.6 Å². The standard InChI is InChI=1S/C10H9N3O2S2/c1-2-8-12-10(17-13-8)16-6-3-4-7(9(14)15)11-5-6/h3-5H,2H2,1H3,(H,14,15). The van der Waals surface area contributed by atoms with Crippen LogP contribution in [0.4, 0.5) is 0 Å². The van der Waals surface area contributed by atoms with Crippen molar-refractivity contribution in [3.05, 3.63) is 29.8 Å². The zero-order valence-corrected chi connectivity index (χ0v) is 10.6. The summed E-state index contributed by atoms with van der Waals surface area (Å²) in [7, 11) is 0. The number of aryl methyl sites for hydroxylation is 1. The summed E-state index contributed by atoms with van der Waals surface area (Å²) in [5.41, 5.74) is 0.0425.